The van der Waals surface area contributed by atoms with Crippen molar-refractivity contribution in [3.63, 3.8) is 0 Å². The zero-order valence-electron chi connectivity index (χ0n) is 15.6. The second-order valence-corrected chi connectivity index (χ2v) is 8.14. The van der Waals surface area contributed by atoms with Crippen LogP contribution in [0.15, 0.2) is 0 Å². The Morgan fingerprint density at radius 2 is 1.77 bits per heavy atom. The molecule has 2 fully saturated rings. The van der Waals surface area contributed by atoms with Crippen molar-refractivity contribution in [2.45, 2.75) is 45.1 Å². The number of piperazine rings is 1. The molecule has 0 spiro atoms. The summed E-state index contributed by atoms with van der Waals surface area (Å²) < 4.78 is 0. The Morgan fingerprint density at radius 3 is 2.42 bits per heavy atom. The molecule has 8 heteroatoms. The summed E-state index contributed by atoms with van der Waals surface area (Å²) in [4.78, 5) is 13.5. The van der Waals surface area contributed by atoms with E-state index in [4.69, 9.17) is 28.9 Å². The summed E-state index contributed by atoms with van der Waals surface area (Å²) in [5, 5.41) is 3.87. The predicted molar refractivity (Wildman–Crippen MR) is 109 cm³/mol. The average Bonchev–Trinajstić information content (AvgIpc) is 2.65. The van der Waals surface area contributed by atoms with E-state index < -0.39 is 0 Å². The molecule has 0 bridgehead atoms. The Kier molecular flexibility index (Phi) is 7.20. The van der Waals surface area contributed by atoms with Crippen molar-refractivity contribution >= 4 is 35.0 Å². The normalized spacial score (nSPS) is 24.7. The summed E-state index contributed by atoms with van der Waals surface area (Å²) in [6, 6.07) is 0.436. The third-order valence-corrected chi connectivity index (χ3v) is 6.26. The minimum absolute atomic E-state index is 0.311. The van der Waals surface area contributed by atoms with Gasteiger partial charge in [-0.25, -0.2) is 0 Å². The largest absolute Gasteiger partial charge is 0.354 e. The van der Waals surface area contributed by atoms with Crippen molar-refractivity contribution in [3.8, 4) is 0 Å². The zero-order chi connectivity index (χ0) is 18.5. The van der Waals surface area contributed by atoms with Gasteiger partial charge in [-0.2, -0.15) is 9.97 Å². The molecule has 1 aliphatic heterocycles. The van der Waals surface area contributed by atoms with Crippen LogP contribution >= 0.6 is 23.2 Å². The van der Waals surface area contributed by atoms with Crippen LogP contribution in [0.4, 0.5) is 11.8 Å². The fourth-order valence-corrected chi connectivity index (χ4v) is 4.25. The first kappa shape index (κ1) is 19.9. The van der Waals surface area contributed by atoms with Crippen LogP contribution in [-0.2, 0) is 0 Å². The quantitative estimate of drug-likeness (QED) is 0.714. The molecular formula is C18H30Cl2N6. The lowest BCUT2D eigenvalue weighted by Gasteiger charge is -2.37. The van der Waals surface area contributed by atoms with Crippen molar-refractivity contribution in [2.75, 3.05) is 49.5 Å². The van der Waals surface area contributed by atoms with Gasteiger partial charge in [0.2, 0.25) is 5.95 Å². The highest BCUT2D eigenvalue weighted by Gasteiger charge is 2.24. The molecule has 1 aromatic heterocycles. The molecule has 0 aromatic carbocycles. The molecule has 26 heavy (non-hydrogen) atoms. The van der Waals surface area contributed by atoms with Crippen LogP contribution in [0.25, 0.3) is 0 Å². The first-order valence-corrected chi connectivity index (χ1v) is 10.5. The van der Waals surface area contributed by atoms with Gasteiger partial charge in [0.25, 0.3) is 0 Å². The molecule has 146 valence electrons. The average molecular weight is 401 g/mol. The number of nitrogens with two attached hydrogens (primary N) is 1. The van der Waals surface area contributed by atoms with Gasteiger partial charge in [-0.15, -0.1) is 0 Å². The molecule has 1 aromatic rings. The first-order valence-electron chi connectivity index (χ1n) is 9.76. The van der Waals surface area contributed by atoms with Gasteiger partial charge in [0.1, 0.15) is 5.02 Å². The van der Waals surface area contributed by atoms with Crippen LogP contribution in [0.3, 0.4) is 0 Å². The summed E-state index contributed by atoms with van der Waals surface area (Å²) in [6.07, 6.45) is 6.27. The van der Waals surface area contributed by atoms with E-state index in [2.05, 4.69) is 25.1 Å². The van der Waals surface area contributed by atoms with Gasteiger partial charge in [0, 0.05) is 38.8 Å². The minimum Gasteiger partial charge on any atom is -0.354 e. The number of halogens is 2. The van der Waals surface area contributed by atoms with Crippen LogP contribution in [0, 0.1) is 5.92 Å². The van der Waals surface area contributed by atoms with E-state index in [0.29, 0.717) is 22.2 Å². The number of aromatic nitrogens is 2. The van der Waals surface area contributed by atoms with E-state index >= 15 is 0 Å². The molecule has 1 saturated carbocycles. The molecule has 0 unspecified atom stereocenters. The Morgan fingerprint density at radius 1 is 1.08 bits per heavy atom. The fourth-order valence-electron chi connectivity index (χ4n) is 3.88. The topological polar surface area (TPSA) is 70.3 Å². The predicted octanol–water partition coefficient (Wildman–Crippen LogP) is 3.24. The van der Waals surface area contributed by atoms with Crippen molar-refractivity contribution in [3.05, 3.63) is 10.2 Å². The van der Waals surface area contributed by atoms with Crippen molar-refractivity contribution in [1.29, 1.82) is 0 Å². The van der Waals surface area contributed by atoms with Gasteiger partial charge >= 0.3 is 0 Å². The van der Waals surface area contributed by atoms with Gasteiger partial charge in [0.05, 0.1) is 0 Å². The summed E-state index contributed by atoms with van der Waals surface area (Å²) in [6.45, 7) is 7.81. The fraction of sp³-hybridized carbons (Fsp3) is 0.778. The minimum atomic E-state index is 0.311. The van der Waals surface area contributed by atoms with E-state index in [9.17, 15) is 0 Å². The van der Waals surface area contributed by atoms with Gasteiger partial charge < -0.3 is 16.0 Å². The van der Waals surface area contributed by atoms with Crippen molar-refractivity contribution < 1.29 is 0 Å². The van der Waals surface area contributed by atoms with Gasteiger partial charge in [-0.1, -0.05) is 23.2 Å². The van der Waals surface area contributed by atoms with Crippen LogP contribution < -0.4 is 16.0 Å². The zero-order valence-corrected chi connectivity index (χ0v) is 17.1. The highest BCUT2D eigenvalue weighted by atomic mass is 35.5. The number of hydrogen-bond donors (Lipinski definition) is 2. The van der Waals surface area contributed by atoms with E-state index in [1.54, 1.807) is 0 Å². The van der Waals surface area contributed by atoms with Crippen LogP contribution in [0.1, 0.15) is 39.0 Å². The van der Waals surface area contributed by atoms with Crippen LogP contribution in [0.2, 0.25) is 10.2 Å². The number of nitrogens with zero attached hydrogens (tertiary/aromatic N) is 4. The molecular weight excluding hydrogens is 371 g/mol. The molecule has 3 N–H and O–H groups in total. The molecule has 3 rings (SSSR count). The molecule has 0 atom stereocenters. The standard InChI is InChI=1S/C18H30Cl2N6/c1-2-22-18-23-16(20)15(19)17(24-18)26-11-9-25(10-12-26)8-7-13-3-5-14(21)6-4-13/h13-14H,2-12,21H2,1H3,(H,22,23,24). The maximum absolute atomic E-state index is 6.36. The van der Waals surface area contributed by atoms with Crippen molar-refractivity contribution in [2.24, 2.45) is 11.7 Å². The maximum atomic E-state index is 6.36. The molecule has 0 radical (unpaired) electrons. The van der Waals surface area contributed by atoms with Crippen LogP contribution in [-0.4, -0.2) is 60.2 Å². The van der Waals surface area contributed by atoms with Gasteiger partial charge in [0.15, 0.2) is 11.0 Å². The Labute approximate surface area is 166 Å². The lowest BCUT2D eigenvalue weighted by Crippen LogP contribution is -2.47. The summed E-state index contributed by atoms with van der Waals surface area (Å²) in [7, 11) is 0. The molecule has 2 heterocycles. The first-order chi connectivity index (χ1) is 12.6. The van der Waals surface area contributed by atoms with Crippen LogP contribution in [0.5, 0.6) is 0 Å². The highest BCUT2D eigenvalue weighted by molar-refractivity contribution is 6.42. The van der Waals surface area contributed by atoms with E-state index in [1.807, 2.05) is 6.92 Å². The van der Waals surface area contributed by atoms with Gasteiger partial charge in [-0.3, -0.25) is 4.90 Å². The maximum Gasteiger partial charge on any atom is 0.226 e. The van der Waals surface area contributed by atoms with E-state index in [1.165, 1.54) is 38.6 Å². The Balaban J connectivity index is 1.50. The lowest BCUT2D eigenvalue weighted by molar-refractivity contribution is 0.216. The summed E-state index contributed by atoms with van der Waals surface area (Å²) in [5.74, 6) is 2.13. The van der Waals surface area contributed by atoms with Gasteiger partial charge in [-0.05, 0) is 51.5 Å². The molecule has 1 aliphatic carbocycles. The third kappa shape index (κ3) is 5.12. The number of rotatable bonds is 6. The molecule has 0 amide bonds. The molecule has 1 saturated heterocycles. The summed E-state index contributed by atoms with van der Waals surface area (Å²) in [5.41, 5.74) is 6.01. The Bertz CT molecular complexity index is 583. The second-order valence-electron chi connectivity index (χ2n) is 7.40. The molecule has 6 nitrogen and oxygen atoms in total. The highest BCUT2D eigenvalue weighted by Crippen LogP contribution is 2.32. The SMILES string of the molecule is CCNc1nc(Cl)c(Cl)c(N2CCN(CCC3CCC(N)CC3)CC2)n1. The number of hydrogen-bond acceptors (Lipinski definition) is 6. The van der Waals surface area contributed by atoms with E-state index in [-0.39, 0.29) is 0 Å². The third-order valence-electron chi connectivity index (χ3n) is 5.55. The lowest BCUT2D eigenvalue weighted by atomic mass is 9.84. The summed E-state index contributed by atoms with van der Waals surface area (Å²) >= 11 is 12.5. The smallest absolute Gasteiger partial charge is 0.226 e. The number of anilines is 2. The second kappa shape index (κ2) is 9.40. The van der Waals surface area contributed by atoms with Crippen molar-refractivity contribution in [1.82, 2.24) is 14.9 Å². The van der Waals surface area contributed by atoms with E-state index in [0.717, 1.165) is 44.5 Å². The number of nitrogens with one attached hydrogen (secondary N) is 1. The Hall–Kier alpha value is -0.820. The molecule has 2 aliphatic rings. The monoisotopic (exact) mass is 400 g/mol.